The van der Waals surface area contributed by atoms with Gasteiger partial charge in [-0.25, -0.2) is 4.98 Å². The summed E-state index contributed by atoms with van der Waals surface area (Å²) in [4.78, 5) is 26.8. The van der Waals surface area contributed by atoms with Crippen LogP contribution in [0.3, 0.4) is 0 Å². The lowest BCUT2D eigenvalue weighted by Gasteiger charge is -2.15. The van der Waals surface area contributed by atoms with Gasteiger partial charge in [0.2, 0.25) is 0 Å². The molecule has 0 bridgehead atoms. The van der Waals surface area contributed by atoms with E-state index in [9.17, 15) is 4.79 Å². The van der Waals surface area contributed by atoms with Crippen LogP contribution in [0.15, 0.2) is 42.6 Å². The number of carbonyl (C=O) groups is 1. The molecule has 1 saturated heterocycles. The fourth-order valence-corrected chi connectivity index (χ4v) is 3.46. The molecule has 1 atom stereocenters. The second-order valence-electron chi connectivity index (χ2n) is 6.99. The van der Waals surface area contributed by atoms with Crippen molar-refractivity contribution >= 4 is 16.9 Å². The molecule has 26 heavy (non-hydrogen) atoms. The van der Waals surface area contributed by atoms with E-state index in [2.05, 4.69) is 25.2 Å². The molecular formula is C20H23N5O. The van der Waals surface area contributed by atoms with Crippen LogP contribution in [0.2, 0.25) is 0 Å². The smallest absolute Gasteiger partial charge is 0.252 e. The fraction of sp³-hybridized carbons (Fsp3) is 0.350. The van der Waals surface area contributed by atoms with Crippen molar-refractivity contribution < 1.29 is 4.79 Å². The second-order valence-corrected chi connectivity index (χ2v) is 6.99. The molecule has 2 aromatic heterocycles. The molecule has 0 unspecified atom stereocenters. The van der Waals surface area contributed by atoms with Crippen LogP contribution >= 0.6 is 0 Å². The number of aromatic amines is 1. The van der Waals surface area contributed by atoms with E-state index in [1.54, 1.807) is 6.20 Å². The minimum Gasteiger partial charge on any atom is -0.352 e. The molecule has 1 aliphatic rings. The SMILES string of the molecule is Cc1ccc(C(=O)NC[C@@H]2CCN(Cc3nc4ccccc4[nH]3)C2)cn1. The summed E-state index contributed by atoms with van der Waals surface area (Å²) in [5.74, 6) is 1.43. The van der Waals surface area contributed by atoms with E-state index in [0.29, 0.717) is 18.0 Å². The number of H-pyrrole nitrogens is 1. The molecule has 4 rings (SSSR count). The Morgan fingerprint density at radius 2 is 2.19 bits per heavy atom. The summed E-state index contributed by atoms with van der Waals surface area (Å²) < 4.78 is 0. The first-order valence-corrected chi connectivity index (χ1v) is 9.04. The number of carbonyl (C=O) groups excluding carboxylic acids is 1. The Morgan fingerprint density at radius 1 is 1.31 bits per heavy atom. The van der Waals surface area contributed by atoms with E-state index in [0.717, 1.165) is 48.6 Å². The number of para-hydroxylation sites is 2. The van der Waals surface area contributed by atoms with Crippen molar-refractivity contribution in [1.82, 2.24) is 25.2 Å². The van der Waals surface area contributed by atoms with Crippen molar-refractivity contribution in [2.75, 3.05) is 19.6 Å². The van der Waals surface area contributed by atoms with E-state index in [4.69, 9.17) is 0 Å². The van der Waals surface area contributed by atoms with Gasteiger partial charge >= 0.3 is 0 Å². The van der Waals surface area contributed by atoms with E-state index in [1.165, 1.54) is 0 Å². The zero-order chi connectivity index (χ0) is 17.9. The highest BCUT2D eigenvalue weighted by atomic mass is 16.1. The van der Waals surface area contributed by atoms with Gasteiger partial charge in [0.15, 0.2) is 0 Å². The number of hydrogen-bond donors (Lipinski definition) is 2. The van der Waals surface area contributed by atoms with Gasteiger partial charge in [0, 0.05) is 25.0 Å². The Balaban J connectivity index is 1.28. The molecule has 1 aromatic carbocycles. The van der Waals surface area contributed by atoms with Crippen molar-refractivity contribution in [2.45, 2.75) is 19.9 Å². The van der Waals surface area contributed by atoms with Crippen LogP contribution in [-0.2, 0) is 6.54 Å². The van der Waals surface area contributed by atoms with Crippen molar-refractivity contribution in [1.29, 1.82) is 0 Å². The summed E-state index contributed by atoms with van der Waals surface area (Å²) >= 11 is 0. The lowest BCUT2D eigenvalue weighted by Crippen LogP contribution is -2.31. The first-order chi connectivity index (χ1) is 12.7. The van der Waals surface area contributed by atoms with E-state index in [1.807, 2.05) is 43.3 Å². The van der Waals surface area contributed by atoms with Gasteiger partial charge in [0.25, 0.3) is 5.91 Å². The third kappa shape index (κ3) is 3.75. The van der Waals surface area contributed by atoms with Crippen LogP contribution in [0.5, 0.6) is 0 Å². The number of aryl methyl sites for hydroxylation is 1. The lowest BCUT2D eigenvalue weighted by atomic mass is 10.1. The molecule has 3 heterocycles. The number of amides is 1. The molecule has 0 radical (unpaired) electrons. The highest BCUT2D eigenvalue weighted by Gasteiger charge is 2.23. The van der Waals surface area contributed by atoms with Gasteiger partial charge in [-0.3, -0.25) is 14.7 Å². The van der Waals surface area contributed by atoms with Crippen LogP contribution in [-0.4, -0.2) is 45.4 Å². The van der Waals surface area contributed by atoms with Gasteiger partial charge in [-0.05, 0) is 50.1 Å². The molecule has 0 saturated carbocycles. The minimum absolute atomic E-state index is 0.0479. The predicted molar refractivity (Wildman–Crippen MR) is 101 cm³/mol. The Hall–Kier alpha value is -2.73. The Bertz CT molecular complexity index is 869. The summed E-state index contributed by atoms with van der Waals surface area (Å²) in [6, 6.07) is 11.8. The summed E-state index contributed by atoms with van der Waals surface area (Å²) in [6.45, 7) is 5.44. The standard InChI is InChI=1S/C20H23N5O/c1-14-6-7-16(11-21-14)20(26)22-10-15-8-9-25(12-15)13-19-23-17-4-2-3-5-18(17)24-19/h2-7,11,15H,8-10,12-13H2,1H3,(H,22,26)(H,23,24)/t15-/m0/s1. The number of imidazole rings is 1. The van der Waals surface area contributed by atoms with Gasteiger partial charge in [-0.2, -0.15) is 0 Å². The van der Waals surface area contributed by atoms with E-state index in [-0.39, 0.29) is 5.91 Å². The van der Waals surface area contributed by atoms with E-state index < -0.39 is 0 Å². The highest BCUT2D eigenvalue weighted by Crippen LogP contribution is 2.19. The molecule has 6 heteroatoms. The van der Waals surface area contributed by atoms with Gasteiger partial charge < -0.3 is 10.3 Å². The maximum Gasteiger partial charge on any atom is 0.252 e. The van der Waals surface area contributed by atoms with E-state index >= 15 is 0 Å². The number of likely N-dealkylation sites (tertiary alicyclic amines) is 1. The highest BCUT2D eigenvalue weighted by molar-refractivity contribution is 5.93. The Morgan fingerprint density at radius 3 is 3.00 bits per heavy atom. The van der Waals surface area contributed by atoms with Gasteiger partial charge in [-0.15, -0.1) is 0 Å². The van der Waals surface area contributed by atoms with Gasteiger partial charge in [0.05, 0.1) is 23.1 Å². The minimum atomic E-state index is -0.0479. The van der Waals surface area contributed by atoms with Crippen molar-refractivity contribution in [3.05, 3.63) is 59.7 Å². The normalized spacial score (nSPS) is 17.7. The topological polar surface area (TPSA) is 73.9 Å². The monoisotopic (exact) mass is 349 g/mol. The average molecular weight is 349 g/mol. The maximum atomic E-state index is 12.2. The molecule has 1 aliphatic heterocycles. The van der Waals surface area contributed by atoms with Crippen LogP contribution in [0, 0.1) is 12.8 Å². The molecule has 0 spiro atoms. The van der Waals surface area contributed by atoms with Crippen molar-refractivity contribution in [3.8, 4) is 0 Å². The van der Waals surface area contributed by atoms with Crippen LogP contribution in [0.25, 0.3) is 11.0 Å². The molecule has 134 valence electrons. The number of fused-ring (bicyclic) bond motifs is 1. The number of aromatic nitrogens is 3. The first-order valence-electron chi connectivity index (χ1n) is 9.04. The fourth-order valence-electron chi connectivity index (χ4n) is 3.46. The van der Waals surface area contributed by atoms with Crippen molar-refractivity contribution in [2.24, 2.45) is 5.92 Å². The molecule has 6 nitrogen and oxygen atoms in total. The Kier molecular flexibility index (Phi) is 4.67. The number of benzene rings is 1. The third-order valence-electron chi connectivity index (χ3n) is 4.91. The average Bonchev–Trinajstić information content (AvgIpc) is 3.26. The zero-order valence-corrected chi connectivity index (χ0v) is 14.9. The van der Waals surface area contributed by atoms with Crippen molar-refractivity contribution in [3.63, 3.8) is 0 Å². The number of rotatable bonds is 5. The third-order valence-corrected chi connectivity index (χ3v) is 4.91. The largest absolute Gasteiger partial charge is 0.352 e. The number of nitrogens with zero attached hydrogens (tertiary/aromatic N) is 3. The second kappa shape index (κ2) is 7.25. The molecule has 3 aromatic rings. The number of hydrogen-bond acceptors (Lipinski definition) is 4. The van der Waals surface area contributed by atoms with Crippen LogP contribution in [0.1, 0.15) is 28.3 Å². The molecule has 1 fully saturated rings. The Labute approximate surface area is 152 Å². The molecular weight excluding hydrogens is 326 g/mol. The first kappa shape index (κ1) is 16.7. The summed E-state index contributed by atoms with van der Waals surface area (Å²) in [5, 5.41) is 3.04. The lowest BCUT2D eigenvalue weighted by molar-refractivity contribution is 0.0947. The maximum absolute atomic E-state index is 12.2. The van der Waals surface area contributed by atoms with Gasteiger partial charge in [0.1, 0.15) is 5.82 Å². The summed E-state index contributed by atoms with van der Waals surface area (Å²) in [5.41, 5.74) is 3.63. The number of pyridine rings is 1. The predicted octanol–water partition coefficient (Wildman–Crippen LogP) is 2.52. The summed E-state index contributed by atoms with van der Waals surface area (Å²) in [7, 11) is 0. The summed E-state index contributed by atoms with van der Waals surface area (Å²) in [6.07, 6.45) is 2.72. The van der Waals surface area contributed by atoms with Crippen LogP contribution in [0.4, 0.5) is 0 Å². The zero-order valence-electron chi connectivity index (χ0n) is 14.9. The van der Waals surface area contributed by atoms with Gasteiger partial charge in [-0.1, -0.05) is 12.1 Å². The van der Waals surface area contributed by atoms with Crippen LogP contribution < -0.4 is 5.32 Å². The molecule has 1 amide bonds. The quantitative estimate of drug-likeness (QED) is 0.742. The molecule has 2 N–H and O–H groups in total. The molecule has 0 aliphatic carbocycles. The number of nitrogens with one attached hydrogen (secondary N) is 2.